The number of rotatable bonds is 3. The van der Waals surface area contributed by atoms with Gasteiger partial charge in [0.05, 0.1) is 0 Å². The maximum atomic E-state index is 2.33. The summed E-state index contributed by atoms with van der Waals surface area (Å²) in [7, 11) is 0. The smallest absolute Gasteiger partial charge is 0.0146 e. The van der Waals surface area contributed by atoms with Crippen LogP contribution in [0.2, 0.25) is 0 Å². The molecule has 0 saturated heterocycles. The molecule has 4 rings (SSSR count). The Morgan fingerprint density at radius 1 is 0.407 bits per heavy atom. The van der Waals surface area contributed by atoms with Crippen LogP contribution in [0.3, 0.4) is 0 Å². The fourth-order valence-corrected chi connectivity index (χ4v) is 3.56. The van der Waals surface area contributed by atoms with Crippen LogP contribution in [0.1, 0.15) is 16.7 Å². The van der Waals surface area contributed by atoms with Gasteiger partial charge in [0.1, 0.15) is 0 Å². The van der Waals surface area contributed by atoms with Crippen molar-refractivity contribution in [3.63, 3.8) is 0 Å². The highest BCUT2D eigenvalue weighted by atomic mass is 14.1. The number of hydrogen-bond donors (Lipinski definition) is 0. The zero-order valence-electron chi connectivity index (χ0n) is 16.2. The van der Waals surface area contributed by atoms with Gasteiger partial charge in [0.2, 0.25) is 0 Å². The zero-order chi connectivity index (χ0) is 18.8. The molecule has 0 aliphatic heterocycles. The SMILES string of the molecule is Cc1ccc(-c2ccc(C)c(-c3cc(-c4ccccc4)ccc3C)c2)cc1. The molecule has 0 atom stereocenters. The van der Waals surface area contributed by atoms with Crippen LogP contribution >= 0.6 is 0 Å². The van der Waals surface area contributed by atoms with E-state index in [4.69, 9.17) is 0 Å². The maximum absolute atomic E-state index is 2.33. The third kappa shape index (κ3) is 3.57. The molecule has 27 heavy (non-hydrogen) atoms. The molecule has 0 bridgehead atoms. The van der Waals surface area contributed by atoms with Crippen LogP contribution in [-0.2, 0) is 0 Å². The Labute approximate surface area is 162 Å². The Morgan fingerprint density at radius 2 is 0.852 bits per heavy atom. The summed E-state index contributed by atoms with van der Waals surface area (Å²) in [6.07, 6.45) is 0. The molecule has 4 aromatic rings. The van der Waals surface area contributed by atoms with Crippen molar-refractivity contribution in [3.05, 3.63) is 108 Å². The van der Waals surface area contributed by atoms with Gasteiger partial charge in [-0.25, -0.2) is 0 Å². The van der Waals surface area contributed by atoms with E-state index in [9.17, 15) is 0 Å². The Kier molecular flexibility index (Phi) is 4.64. The van der Waals surface area contributed by atoms with Gasteiger partial charge in [-0.15, -0.1) is 0 Å². The Bertz CT molecular complexity index is 1070. The Hall–Kier alpha value is -3.12. The minimum absolute atomic E-state index is 1.26. The molecule has 0 spiro atoms. The summed E-state index contributed by atoms with van der Waals surface area (Å²) < 4.78 is 0. The normalized spacial score (nSPS) is 10.8. The summed E-state index contributed by atoms with van der Waals surface area (Å²) in [4.78, 5) is 0. The lowest BCUT2D eigenvalue weighted by atomic mass is 9.90. The van der Waals surface area contributed by atoms with E-state index < -0.39 is 0 Å². The van der Waals surface area contributed by atoms with E-state index in [1.165, 1.54) is 50.1 Å². The van der Waals surface area contributed by atoms with Crippen molar-refractivity contribution in [2.24, 2.45) is 0 Å². The molecule has 0 aliphatic carbocycles. The topological polar surface area (TPSA) is 0 Å². The van der Waals surface area contributed by atoms with Gasteiger partial charge >= 0.3 is 0 Å². The second-order valence-corrected chi connectivity index (χ2v) is 7.29. The second kappa shape index (κ2) is 7.25. The van der Waals surface area contributed by atoms with E-state index in [0.29, 0.717) is 0 Å². The minimum atomic E-state index is 1.26. The number of hydrogen-bond acceptors (Lipinski definition) is 0. The predicted molar refractivity (Wildman–Crippen MR) is 117 cm³/mol. The maximum Gasteiger partial charge on any atom is -0.0146 e. The van der Waals surface area contributed by atoms with Gasteiger partial charge in [0.15, 0.2) is 0 Å². The summed E-state index contributed by atoms with van der Waals surface area (Å²) in [5, 5.41) is 0. The van der Waals surface area contributed by atoms with Crippen molar-refractivity contribution < 1.29 is 0 Å². The highest BCUT2D eigenvalue weighted by Gasteiger charge is 2.09. The van der Waals surface area contributed by atoms with E-state index in [-0.39, 0.29) is 0 Å². The van der Waals surface area contributed by atoms with Crippen molar-refractivity contribution in [1.29, 1.82) is 0 Å². The van der Waals surface area contributed by atoms with Crippen molar-refractivity contribution in [3.8, 4) is 33.4 Å². The fourth-order valence-electron chi connectivity index (χ4n) is 3.56. The summed E-state index contributed by atoms with van der Waals surface area (Å²) in [5.41, 5.74) is 11.6. The van der Waals surface area contributed by atoms with Gasteiger partial charge in [0, 0.05) is 0 Å². The molecule has 0 aliphatic rings. The van der Waals surface area contributed by atoms with Crippen LogP contribution in [-0.4, -0.2) is 0 Å². The molecule has 0 nitrogen and oxygen atoms in total. The Balaban J connectivity index is 1.83. The van der Waals surface area contributed by atoms with Crippen molar-refractivity contribution >= 4 is 0 Å². The van der Waals surface area contributed by atoms with Gasteiger partial charge < -0.3 is 0 Å². The van der Waals surface area contributed by atoms with E-state index in [1.807, 2.05) is 0 Å². The van der Waals surface area contributed by atoms with Crippen LogP contribution in [0.25, 0.3) is 33.4 Å². The average molecular weight is 348 g/mol. The van der Waals surface area contributed by atoms with Crippen LogP contribution in [0.15, 0.2) is 91.0 Å². The predicted octanol–water partition coefficient (Wildman–Crippen LogP) is 7.61. The van der Waals surface area contributed by atoms with E-state index in [1.54, 1.807) is 0 Å². The number of benzene rings is 4. The first-order valence-electron chi connectivity index (χ1n) is 9.46. The quantitative estimate of drug-likeness (QED) is 0.357. The summed E-state index contributed by atoms with van der Waals surface area (Å²) >= 11 is 0. The second-order valence-electron chi connectivity index (χ2n) is 7.29. The molecule has 0 saturated carbocycles. The lowest BCUT2D eigenvalue weighted by Gasteiger charge is -2.14. The third-order valence-electron chi connectivity index (χ3n) is 5.26. The zero-order valence-corrected chi connectivity index (χ0v) is 16.2. The molecular formula is C27H24. The average Bonchev–Trinajstić information content (AvgIpc) is 2.70. The minimum Gasteiger partial charge on any atom is -0.0622 e. The molecule has 0 unspecified atom stereocenters. The van der Waals surface area contributed by atoms with Gasteiger partial charge in [-0.2, -0.15) is 0 Å². The molecule has 0 N–H and O–H groups in total. The standard InChI is InChI=1S/C27H24/c1-19-9-13-23(14-10-19)25-16-12-21(3)27(18-25)26-17-24(15-11-20(26)2)22-7-5-4-6-8-22/h4-18H,1-3H3. The van der Waals surface area contributed by atoms with E-state index in [2.05, 4.69) is 112 Å². The number of aryl methyl sites for hydroxylation is 3. The van der Waals surface area contributed by atoms with Crippen LogP contribution in [0.4, 0.5) is 0 Å². The highest BCUT2D eigenvalue weighted by Crippen LogP contribution is 2.34. The van der Waals surface area contributed by atoms with Gasteiger partial charge in [-0.05, 0) is 77.4 Å². The van der Waals surface area contributed by atoms with Gasteiger partial charge in [0.25, 0.3) is 0 Å². The van der Waals surface area contributed by atoms with Crippen LogP contribution in [0, 0.1) is 20.8 Å². The lowest BCUT2D eigenvalue weighted by Crippen LogP contribution is -1.90. The molecule has 0 amide bonds. The van der Waals surface area contributed by atoms with Crippen molar-refractivity contribution in [2.45, 2.75) is 20.8 Å². The van der Waals surface area contributed by atoms with Crippen molar-refractivity contribution in [1.82, 2.24) is 0 Å². The summed E-state index contributed by atoms with van der Waals surface area (Å²) in [6, 6.07) is 32.9. The molecular weight excluding hydrogens is 324 g/mol. The first-order chi connectivity index (χ1) is 13.1. The first-order valence-corrected chi connectivity index (χ1v) is 9.46. The molecule has 0 fully saturated rings. The summed E-state index contributed by atoms with van der Waals surface area (Å²) in [6.45, 7) is 6.52. The first kappa shape index (κ1) is 17.3. The van der Waals surface area contributed by atoms with Crippen molar-refractivity contribution in [2.75, 3.05) is 0 Å². The van der Waals surface area contributed by atoms with E-state index >= 15 is 0 Å². The molecule has 0 heterocycles. The highest BCUT2D eigenvalue weighted by molar-refractivity contribution is 5.80. The fraction of sp³-hybridized carbons (Fsp3) is 0.111. The lowest BCUT2D eigenvalue weighted by molar-refractivity contribution is 1.40. The third-order valence-corrected chi connectivity index (χ3v) is 5.26. The molecule has 0 heteroatoms. The molecule has 0 radical (unpaired) electrons. The van der Waals surface area contributed by atoms with Crippen LogP contribution in [0.5, 0.6) is 0 Å². The van der Waals surface area contributed by atoms with Gasteiger partial charge in [-0.1, -0.05) is 84.4 Å². The monoisotopic (exact) mass is 348 g/mol. The van der Waals surface area contributed by atoms with E-state index in [0.717, 1.165) is 0 Å². The Morgan fingerprint density at radius 3 is 1.37 bits per heavy atom. The largest absolute Gasteiger partial charge is 0.0622 e. The van der Waals surface area contributed by atoms with Gasteiger partial charge in [-0.3, -0.25) is 0 Å². The molecule has 132 valence electrons. The molecule has 4 aromatic carbocycles. The summed E-state index contributed by atoms with van der Waals surface area (Å²) in [5.74, 6) is 0. The molecule has 0 aromatic heterocycles. The van der Waals surface area contributed by atoms with Crippen LogP contribution < -0.4 is 0 Å².